The van der Waals surface area contributed by atoms with Crippen LogP contribution < -0.4 is 5.32 Å². The number of aryl methyl sites for hydroxylation is 1. The van der Waals surface area contributed by atoms with Crippen molar-refractivity contribution in [2.45, 2.75) is 50.8 Å². The molecule has 1 aliphatic heterocycles. The van der Waals surface area contributed by atoms with Gasteiger partial charge in [-0.3, -0.25) is 0 Å². The van der Waals surface area contributed by atoms with Crippen LogP contribution in [-0.4, -0.2) is 32.4 Å². The first-order chi connectivity index (χ1) is 9.95. The number of sulfonamides is 1. The van der Waals surface area contributed by atoms with Gasteiger partial charge in [-0.15, -0.1) is 11.3 Å². The topological polar surface area (TPSA) is 49.4 Å². The lowest BCUT2D eigenvalue weighted by Crippen LogP contribution is -2.37. The molecule has 21 heavy (non-hydrogen) atoms. The van der Waals surface area contributed by atoms with E-state index in [-0.39, 0.29) is 0 Å². The van der Waals surface area contributed by atoms with Gasteiger partial charge in [-0.25, -0.2) is 8.42 Å². The van der Waals surface area contributed by atoms with Gasteiger partial charge in [0.05, 0.1) is 0 Å². The van der Waals surface area contributed by atoms with Crippen molar-refractivity contribution >= 4 is 21.4 Å². The van der Waals surface area contributed by atoms with E-state index in [0.29, 0.717) is 23.2 Å². The molecule has 1 aliphatic rings. The van der Waals surface area contributed by atoms with Gasteiger partial charge in [0.25, 0.3) is 10.0 Å². The number of thiophene rings is 1. The second-order valence-corrected chi connectivity index (χ2v) is 9.24. The highest BCUT2D eigenvalue weighted by Gasteiger charge is 2.29. The molecule has 1 fully saturated rings. The predicted molar refractivity (Wildman–Crippen MR) is 88.2 cm³/mol. The summed E-state index contributed by atoms with van der Waals surface area (Å²) in [6.07, 6.45) is 3.02. The van der Waals surface area contributed by atoms with Crippen LogP contribution >= 0.6 is 11.3 Å². The quantitative estimate of drug-likeness (QED) is 0.816. The maximum Gasteiger partial charge on any atom is 0.252 e. The maximum atomic E-state index is 12.7. The molecule has 0 bridgehead atoms. The van der Waals surface area contributed by atoms with E-state index in [9.17, 15) is 8.42 Å². The molecule has 0 unspecified atom stereocenters. The summed E-state index contributed by atoms with van der Waals surface area (Å²) in [6.45, 7) is 9.35. The molecule has 0 radical (unpaired) electrons. The minimum atomic E-state index is -3.29. The van der Waals surface area contributed by atoms with Gasteiger partial charge in [0.2, 0.25) is 0 Å². The minimum absolute atomic E-state index is 0.503. The molecule has 1 aromatic rings. The first kappa shape index (κ1) is 16.9. The lowest BCUT2D eigenvalue weighted by Gasteiger charge is -2.28. The Morgan fingerprint density at radius 2 is 2.05 bits per heavy atom. The van der Waals surface area contributed by atoms with Crippen LogP contribution in [0.15, 0.2) is 10.3 Å². The van der Waals surface area contributed by atoms with E-state index < -0.39 is 10.0 Å². The van der Waals surface area contributed by atoms with Crippen molar-refractivity contribution in [1.82, 2.24) is 9.62 Å². The third-order valence-corrected chi connectivity index (χ3v) is 7.63. The minimum Gasteiger partial charge on any atom is -0.312 e. The highest BCUT2D eigenvalue weighted by Crippen LogP contribution is 2.30. The first-order valence-corrected chi connectivity index (χ1v) is 10.0. The van der Waals surface area contributed by atoms with Crippen LogP contribution in [0.1, 0.15) is 43.6 Å². The fourth-order valence-corrected chi connectivity index (χ4v) is 5.71. The second kappa shape index (κ2) is 7.22. The lowest BCUT2D eigenvalue weighted by atomic mass is 10.0. The number of nitrogens with one attached hydrogen (secondary N) is 1. The Balaban J connectivity index is 2.11. The molecule has 0 spiro atoms. The summed E-state index contributed by atoms with van der Waals surface area (Å²) < 4.78 is 27.6. The van der Waals surface area contributed by atoms with E-state index in [1.807, 2.05) is 13.0 Å². The fraction of sp³-hybridized carbons (Fsp3) is 0.733. The molecule has 2 heterocycles. The van der Waals surface area contributed by atoms with Crippen molar-refractivity contribution < 1.29 is 8.42 Å². The van der Waals surface area contributed by atoms with Crippen LogP contribution in [0.3, 0.4) is 0 Å². The Kier molecular flexibility index (Phi) is 5.82. The molecule has 0 saturated carbocycles. The van der Waals surface area contributed by atoms with Crippen LogP contribution in [0.4, 0.5) is 0 Å². The standard InChI is InChI=1S/C15H26N2O2S2/c1-4-7-16-11-14-13(3)10-15(20-14)21(18,19)17-8-5-12(2)6-9-17/h10,12,16H,4-9,11H2,1-3H3. The molecule has 4 nitrogen and oxygen atoms in total. The summed E-state index contributed by atoms with van der Waals surface area (Å²) >= 11 is 1.42. The molecule has 120 valence electrons. The van der Waals surface area contributed by atoms with Crippen molar-refractivity contribution in [3.63, 3.8) is 0 Å². The van der Waals surface area contributed by atoms with Gasteiger partial charge in [-0.1, -0.05) is 13.8 Å². The summed E-state index contributed by atoms with van der Waals surface area (Å²) in [5, 5.41) is 3.34. The van der Waals surface area contributed by atoms with Gasteiger partial charge >= 0.3 is 0 Å². The smallest absolute Gasteiger partial charge is 0.252 e. The van der Waals surface area contributed by atoms with Gasteiger partial charge in [-0.2, -0.15) is 4.31 Å². The number of rotatable bonds is 6. The number of hydrogen-bond acceptors (Lipinski definition) is 4. The van der Waals surface area contributed by atoms with Crippen LogP contribution in [0, 0.1) is 12.8 Å². The Morgan fingerprint density at radius 3 is 2.67 bits per heavy atom. The molecule has 0 amide bonds. The first-order valence-electron chi connectivity index (χ1n) is 7.75. The van der Waals surface area contributed by atoms with Crippen molar-refractivity contribution in [2.75, 3.05) is 19.6 Å². The van der Waals surface area contributed by atoms with Gasteiger partial charge in [0.1, 0.15) is 4.21 Å². The lowest BCUT2D eigenvalue weighted by molar-refractivity contribution is 0.288. The van der Waals surface area contributed by atoms with E-state index in [1.165, 1.54) is 11.3 Å². The number of piperidine rings is 1. The Hall–Kier alpha value is -0.430. The maximum absolute atomic E-state index is 12.7. The van der Waals surface area contributed by atoms with Gasteiger partial charge in [0.15, 0.2) is 0 Å². The summed E-state index contributed by atoms with van der Waals surface area (Å²) in [4.78, 5) is 1.13. The van der Waals surface area contributed by atoms with Crippen LogP contribution in [-0.2, 0) is 16.6 Å². The Labute approximate surface area is 132 Å². The zero-order chi connectivity index (χ0) is 15.5. The van der Waals surface area contributed by atoms with E-state index in [1.54, 1.807) is 4.31 Å². The molecule has 0 aromatic carbocycles. The number of nitrogens with zero attached hydrogens (tertiary/aromatic N) is 1. The van der Waals surface area contributed by atoms with Gasteiger partial charge in [-0.05, 0) is 50.3 Å². The molecule has 1 saturated heterocycles. The summed E-state index contributed by atoms with van der Waals surface area (Å²) in [5.74, 6) is 0.635. The zero-order valence-corrected chi connectivity index (χ0v) is 14.8. The normalized spacial score (nSPS) is 18.2. The van der Waals surface area contributed by atoms with Gasteiger partial charge < -0.3 is 5.32 Å². The highest BCUT2D eigenvalue weighted by molar-refractivity contribution is 7.91. The molecule has 1 N–H and O–H groups in total. The van der Waals surface area contributed by atoms with E-state index in [0.717, 1.165) is 42.8 Å². The summed E-state index contributed by atoms with van der Waals surface area (Å²) in [6, 6.07) is 1.83. The van der Waals surface area contributed by atoms with Crippen LogP contribution in [0.2, 0.25) is 0 Å². The highest BCUT2D eigenvalue weighted by atomic mass is 32.2. The van der Waals surface area contributed by atoms with E-state index in [2.05, 4.69) is 19.2 Å². The molecule has 0 atom stereocenters. The third kappa shape index (κ3) is 4.06. The number of hydrogen-bond donors (Lipinski definition) is 1. The molecule has 0 aliphatic carbocycles. The zero-order valence-electron chi connectivity index (χ0n) is 13.2. The summed E-state index contributed by atoms with van der Waals surface area (Å²) in [5.41, 5.74) is 1.08. The molecular weight excluding hydrogens is 304 g/mol. The van der Waals surface area contributed by atoms with Gasteiger partial charge in [0, 0.05) is 24.5 Å². The molecular formula is C15H26N2O2S2. The second-order valence-electron chi connectivity index (χ2n) is 5.94. The van der Waals surface area contributed by atoms with E-state index in [4.69, 9.17) is 0 Å². The van der Waals surface area contributed by atoms with Crippen molar-refractivity contribution in [1.29, 1.82) is 0 Å². The van der Waals surface area contributed by atoms with Crippen molar-refractivity contribution in [3.05, 3.63) is 16.5 Å². The fourth-order valence-electron chi connectivity index (χ4n) is 2.52. The summed E-state index contributed by atoms with van der Waals surface area (Å²) in [7, 11) is -3.29. The van der Waals surface area contributed by atoms with E-state index >= 15 is 0 Å². The SMILES string of the molecule is CCCNCc1sc(S(=O)(=O)N2CCC(C)CC2)cc1C. The van der Waals surface area contributed by atoms with Crippen molar-refractivity contribution in [3.8, 4) is 0 Å². The third-order valence-electron chi connectivity index (χ3n) is 4.05. The predicted octanol–water partition coefficient (Wildman–Crippen LogP) is 2.98. The van der Waals surface area contributed by atoms with Crippen LogP contribution in [0.25, 0.3) is 0 Å². The van der Waals surface area contributed by atoms with Crippen LogP contribution in [0.5, 0.6) is 0 Å². The van der Waals surface area contributed by atoms with Crippen molar-refractivity contribution in [2.24, 2.45) is 5.92 Å². The Morgan fingerprint density at radius 1 is 1.38 bits per heavy atom. The molecule has 6 heteroatoms. The molecule has 1 aromatic heterocycles. The average molecular weight is 331 g/mol. The molecule has 2 rings (SSSR count). The average Bonchev–Trinajstić information content (AvgIpc) is 2.82. The Bertz CT molecular complexity index is 558. The largest absolute Gasteiger partial charge is 0.312 e. The monoisotopic (exact) mass is 330 g/mol.